The Morgan fingerprint density at radius 1 is 1.38 bits per heavy atom. The molecule has 0 aliphatic carbocycles. The maximum atomic E-state index is 13.1. The molecular weight excluding hydrogens is 273 g/mol. The number of benzene rings is 1. The number of halogens is 1. The summed E-state index contributed by atoms with van der Waals surface area (Å²) < 4.78 is 13.1. The number of likely N-dealkylation sites (tertiary alicyclic amines) is 1. The smallest absolute Gasteiger partial charge is 0.223 e. The van der Waals surface area contributed by atoms with Crippen molar-refractivity contribution < 1.29 is 19.1 Å². The van der Waals surface area contributed by atoms with Crippen molar-refractivity contribution >= 4 is 11.7 Å². The van der Waals surface area contributed by atoms with Crippen LogP contribution in [0, 0.1) is 11.7 Å². The lowest BCUT2D eigenvalue weighted by molar-refractivity contribution is -0.133. The zero-order valence-electron chi connectivity index (χ0n) is 12.1. The van der Waals surface area contributed by atoms with Gasteiger partial charge in [0, 0.05) is 31.0 Å². The summed E-state index contributed by atoms with van der Waals surface area (Å²) in [6, 6.07) is 5.53. The molecule has 4 nitrogen and oxygen atoms in total. The topological polar surface area (TPSA) is 57.6 Å². The second kappa shape index (κ2) is 6.80. The Morgan fingerprint density at radius 2 is 2.05 bits per heavy atom. The molecule has 1 amide bonds. The highest BCUT2D eigenvalue weighted by atomic mass is 19.1. The van der Waals surface area contributed by atoms with Crippen LogP contribution in [0.2, 0.25) is 0 Å². The molecule has 0 spiro atoms. The Hall–Kier alpha value is -1.75. The fourth-order valence-corrected chi connectivity index (χ4v) is 2.53. The summed E-state index contributed by atoms with van der Waals surface area (Å²) in [5, 5.41) is 9.43. The van der Waals surface area contributed by atoms with Crippen LogP contribution in [-0.2, 0) is 4.79 Å². The van der Waals surface area contributed by atoms with Gasteiger partial charge >= 0.3 is 0 Å². The SMILES string of the molecule is CC(CC(=O)N1CCC(O)CC1)C(=O)c1cccc(F)c1. The Kier molecular flexibility index (Phi) is 5.07. The number of amides is 1. The van der Waals surface area contributed by atoms with Crippen molar-refractivity contribution in [2.45, 2.75) is 32.3 Å². The first-order valence-electron chi connectivity index (χ1n) is 7.23. The molecule has 1 saturated heterocycles. The van der Waals surface area contributed by atoms with Crippen molar-refractivity contribution in [1.29, 1.82) is 0 Å². The van der Waals surface area contributed by atoms with Crippen LogP contribution in [0.1, 0.15) is 36.5 Å². The summed E-state index contributed by atoms with van der Waals surface area (Å²) in [4.78, 5) is 26.0. The number of aliphatic hydroxyl groups is 1. The van der Waals surface area contributed by atoms with Gasteiger partial charge in [0.15, 0.2) is 5.78 Å². The lowest BCUT2D eigenvalue weighted by Crippen LogP contribution is -2.41. The number of rotatable bonds is 4. The number of hydrogen-bond acceptors (Lipinski definition) is 3. The van der Waals surface area contributed by atoms with Crippen LogP contribution in [0.25, 0.3) is 0 Å². The molecule has 1 aliphatic heterocycles. The van der Waals surface area contributed by atoms with Crippen LogP contribution in [0.3, 0.4) is 0 Å². The van der Waals surface area contributed by atoms with Gasteiger partial charge in [-0.15, -0.1) is 0 Å². The average molecular weight is 293 g/mol. The fraction of sp³-hybridized carbons (Fsp3) is 0.500. The first kappa shape index (κ1) is 15.6. The number of Topliss-reactive ketones (excluding diaryl/α,β-unsaturated/α-hetero) is 1. The molecule has 1 aliphatic rings. The van der Waals surface area contributed by atoms with E-state index in [1.165, 1.54) is 18.2 Å². The van der Waals surface area contributed by atoms with E-state index in [0.717, 1.165) is 0 Å². The Morgan fingerprint density at radius 3 is 2.67 bits per heavy atom. The monoisotopic (exact) mass is 293 g/mol. The largest absolute Gasteiger partial charge is 0.393 e. The maximum Gasteiger partial charge on any atom is 0.223 e. The van der Waals surface area contributed by atoms with Gasteiger partial charge in [0.1, 0.15) is 5.82 Å². The van der Waals surface area contributed by atoms with Gasteiger partial charge in [0.2, 0.25) is 5.91 Å². The lowest BCUT2D eigenvalue weighted by Gasteiger charge is -2.30. The standard InChI is InChI=1S/C16H20FNO3/c1-11(16(21)12-3-2-4-13(17)10-12)9-15(20)18-7-5-14(19)6-8-18/h2-4,10-11,14,19H,5-9H2,1H3. The minimum atomic E-state index is -0.480. The number of nitrogens with zero attached hydrogens (tertiary/aromatic N) is 1. The van der Waals surface area contributed by atoms with E-state index < -0.39 is 11.7 Å². The van der Waals surface area contributed by atoms with Gasteiger partial charge in [-0.3, -0.25) is 9.59 Å². The molecule has 21 heavy (non-hydrogen) atoms. The molecule has 0 bridgehead atoms. The molecule has 1 aromatic carbocycles. The molecule has 2 rings (SSSR count). The summed E-state index contributed by atoms with van der Waals surface area (Å²) in [7, 11) is 0. The van der Waals surface area contributed by atoms with Crippen LogP contribution < -0.4 is 0 Å². The van der Waals surface area contributed by atoms with Gasteiger partial charge in [-0.05, 0) is 25.0 Å². The first-order chi connectivity index (χ1) is 9.97. The number of piperidine rings is 1. The van der Waals surface area contributed by atoms with Gasteiger partial charge in [0.25, 0.3) is 0 Å². The third-order valence-electron chi connectivity index (χ3n) is 3.85. The highest BCUT2D eigenvalue weighted by Gasteiger charge is 2.25. The van der Waals surface area contributed by atoms with E-state index in [1.54, 1.807) is 17.9 Å². The quantitative estimate of drug-likeness (QED) is 0.864. The summed E-state index contributed by atoms with van der Waals surface area (Å²) in [5.41, 5.74) is 0.296. The minimum absolute atomic E-state index is 0.0841. The number of carbonyl (C=O) groups excluding carboxylic acids is 2. The summed E-state index contributed by atoms with van der Waals surface area (Å²) in [5.74, 6) is -1.24. The molecule has 0 aromatic heterocycles. The lowest BCUT2D eigenvalue weighted by atomic mass is 9.95. The van der Waals surface area contributed by atoms with E-state index in [2.05, 4.69) is 0 Å². The molecule has 1 N–H and O–H groups in total. The van der Waals surface area contributed by atoms with Crippen LogP contribution >= 0.6 is 0 Å². The second-order valence-electron chi connectivity index (χ2n) is 5.59. The Labute approximate surface area is 123 Å². The van der Waals surface area contributed by atoms with Crippen molar-refractivity contribution in [3.8, 4) is 0 Å². The van der Waals surface area contributed by atoms with Crippen LogP contribution in [0.4, 0.5) is 4.39 Å². The predicted octanol–water partition coefficient (Wildman–Crippen LogP) is 2.02. The molecule has 1 heterocycles. The van der Waals surface area contributed by atoms with E-state index in [9.17, 15) is 19.1 Å². The molecule has 1 fully saturated rings. The van der Waals surface area contributed by atoms with Gasteiger partial charge in [-0.1, -0.05) is 19.1 Å². The van der Waals surface area contributed by atoms with E-state index >= 15 is 0 Å². The zero-order valence-corrected chi connectivity index (χ0v) is 12.1. The average Bonchev–Trinajstić information content (AvgIpc) is 2.47. The van der Waals surface area contributed by atoms with Gasteiger partial charge < -0.3 is 10.0 Å². The second-order valence-corrected chi connectivity index (χ2v) is 5.59. The predicted molar refractivity (Wildman–Crippen MR) is 76.3 cm³/mol. The van der Waals surface area contributed by atoms with Crippen LogP contribution in [0.15, 0.2) is 24.3 Å². The van der Waals surface area contributed by atoms with Crippen molar-refractivity contribution in [2.24, 2.45) is 5.92 Å². The van der Waals surface area contributed by atoms with Crippen LogP contribution in [-0.4, -0.2) is 40.9 Å². The molecule has 1 atom stereocenters. The summed E-state index contributed by atoms with van der Waals surface area (Å²) in [6.07, 6.45) is 0.946. The highest BCUT2D eigenvalue weighted by molar-refractivity contribution is 5.99. The number of hydrogen-bond donors (Lipinski definition) is 1. The molecule has 0 saturated carbocycles. The molecule has 0 radical (unpaired) electrons. The number of ketones is 1. The first-order valence-corrected chi connectivity index (χ1v) is 7.23. The van der Waals surface area contributed by atoms with Crippen LogP contribution in [0.5, 0.6) is 0 Å². The highest BCUT2D eigenvalue weighted by Crippen LogP contribution is 2.17. The normalized spacial score (nSPS) is 17.6. The van der Waals surface area contributed by atoms with E-state index in [0.29, 0.717) is 31.5 Å². The third kappa shape index (κ3) is 4.11. The van der Waals surface area contributed by atoms with Crippen molar-refractivity contribution in [3.63, 3.8) is 0 Å². The molecule has 1 unspecified atom stereocenters. The fourth-order valence-electron chi connectivity index (χ4n) is 2.53. The summed E-state index contributed by atoms with van der Waals surface area (Å²) in [6.45, 7) is 2.74. The molecular formula is C16H20FNO3. The van der Waals surface area contributed by atoms with Gasteiger partial charge in [0.05, 0.1) is 6.10 Å². The maximum absolute atomic E-state index is 13.1. The Balaban J connectivity index is 1.93. The van der Waals surface area contributed by atoms with E-state index in [-0.39, 0.29) is 24.2 Å². The molecule has 114 valence electrons. The summed E-state index contributed by atoms with van der Waals surface area (Å²) >= 11 is 0. The number of carbonyl (C=O) groups is 2. The Bertz CT molecular complexity index is 524. The zero-order chi connectivity index (χ0) is 15.4. The van der Waals surface area contributed by atoms with Gasteiger partial charge in [-0.25, -0.2) is 4.39 Å². The number of aliphatic hydroxyl groups excluding tert-OH is 1. The van der Waals surface area contributed by atoms with Gasteiger partial charge in [-0.2, -0.15) is 0 Å². The molecule has 1 aromatic rings. The molecule has 5 heteroatoms. The van der Waals surface area contributed by atoms with E-state index in [1.807, 2.05) is 0 Å². The van der Waals surface area contributed by atoms with Crippen molar-refractivity contribution in [3.05, 3.63) is 35.6 Å². The van der Waals surface area contributed by atoms with Crippen molar-refractivity contribution in [2.75, 3.05) is 13.1 Å². The minimum Gasteiger partial charge on any atom is -0.393 e. The third-order valence-corrected chi connectivity index (χ3v) is 3.85. The van der Waals surface area contributed by atoms with E-state index in [4.69, 9.17) is 0 Å². The van der Waals surface area contributed by atoms with Crippen molar-refractivity contribution in [1.82, 2.24) is 4.90 Å².